The van der Waals surface area contributed by atoms with Crippen molar-refractivity contribution >= 4 is 39.2 Å². The first-order valence-corrected chi connectivity index (χ1v) is 20.1. The van der Waals surface area contributed by atoms with Gasteiger partial charge in [-0.1, -0.05) is 39.1 Å². The number of hydrogen-bond donors (Lipinski definition) is 6. The second-order valence-electron chi connectivity index (χ2n) is 12.4. The number of aliphatic hydroxyl groups excluding tert-OH is 2. The minimum Gasteiger partial charge on any atom is -0.491 e. The van der Waals surface area contributed by atoms with Crippen LogP contribution in [0.3, 0.4) is 0 Å². The van der Waals surface area contributed by atoms with Crippen LogP contribution in [0, 0.1) is 0 Å². The molecule has 6 heterocycles. The number of sulfone groups is 1. The van der Waals surface area contributed by atoms with Crippen molar-refractivity contribution in [1.82, 2.24) is 49.1 Å². The number of fused-ring (bicyclic) bond motifs is 2. The van der Waals surface area contributed by atoms with Crippen LogP contribution in [0.25, 0.3) is 34.7 Å². The monoisotopic (exact) mass is 874 g/mol. The van der Waals surface area contributed by atoms with Crippen LogP contribution in [-0.2, 0) is 22.7 Å². The zero-order chi connectivity index (χ0) is 42.5. The number of ether oxygens (including phenoxy) is 2. The zero-order valence-corrected chi connectivity index (χ0v) is 33.0. The Kier molecular flexibility index (Phi) is 17.2. The summed E-state index contributed by atoms with van der Waals surface area (Å²) in [7, 11) is -3.57. The fourth-order valence-electron chi connectivity index (χ4n) is 5.17. The molecule has 62 heavy (non-hydrogen) atoms. The van der Waals surface area contributed by atoms with E-state index in [1.54, 1.807) is 30.5 Å². The fraction of sp³-hybridized carbons (Fsp3) is 0.282. The van der Waals surface area contributed by atoms with Crippen LogP contribution in [0.5, 0.6) is 11.5 Å². The lowest BCUT2D eigenvalue weighted by atomic mass is 10.1. The van der Waals surface area contributed by atoms with Crippen molar-refractivity contribution in [2.45, 2.75) is 32.9 Å². The van der Waals surface area contributed by atoms with Gasteiger partial charge in [0.05, 0.1) is 25.7 Å². The van der Waals surface area contributed by atoms with Crippen LogP contribution in [0.1, 0.15) is 26.0 Å². The van der Waals surface area contributed by atoms with E-state index in [-0.39, 0.29) is 58.2 Å². The molecule has 6 aromatic heterocycles. The van der Waals surface area contributed by atoms with Gasteiger partial charge in [-0.25, -0.2) is 8.42 Å². The second kappa shape index (κ2) is 22.4. The molecular weight excluding hydrogens is 825 g/mol. The van der Waals surface area contributed by atoms with Crippen molar-refractivity contribution in [1.29, 1.82) is 0 Å². The summed E-state index contributed by atoms with van der Waals surface area (Å²) in [6, 6.07) is 22.3. The number of nitrogens with zero attached hydrogens (tertiary/aromatic N) is 10. The van der Waals surface area contributed by atoms with Gasteiger partial charge in [-0.15, -0.1) is 10.2 Å². The number of anilines is 3. The SMILES string of the molecule is C.C.CS(=O)(=O)c1nc(N)n2nc(-c3ccco3)nc2n1.NCCc1ccc(OCCO)cc1.Nc1nc(NCCc2ccc(OCCO)cc2)nc2nc(-c3ccco3)nn12. The van der Waals surface area contributed by atoms with E-state index < -0.39 is 15.0 Å². The first-order chi connectivity index (χ1) is 29.0. The van der Waals surface area contributed by atoms with Crippen LogP contribution in [0.2, 0.25) is 0 Å². The first-order valence-electron chi connectivity index (χ1n) is 18.2. The maximum absolute atomic E-state index is 11.4. The average Bonchev–Trinajstić information content (AvgIpc) is 4.08. The minimum atomic E-state index is -3.57. The molecule has 330 valence electrons. The molecule has 0 radical (unpaired) electrons. The van der Waals surface area contributed by atoms with Crippen molar-refractivity contribution in [2.75, 3.05) is 62.6 Å². The van der Waals surface area contributed by atoms with E-state index in [0.29, 0.717) is 48.8 Å². The van der Waals surface area contributed by atoms with Crippen molar-refractivity contribution in [3.05, 3.63) is 96.4 Å². The zero-order valence-electron chi connectivity index (χ0n) is 32.2. The van der Waals surface area contributed by atoms with Gasteiger partial charge in [-0.05, 0) is 79.0 Å². The van der Waals surface area contributed by atoms with Gasteiger partial charge in [0.1, 0.15) is 24.7 Å². The molecule has 0 saturated heterocycles. The molecule has 0 unspecified atom stereocenters. The number of nitrogen functional groups attached to an aromatic ring is 2. The van der Waals surface area contributed by atoms with Gasteiger partial charge in [0.15, 0.2) is 11.5 Å². The highest BCUT2D eigenvalue weighted by atomic mass is 32.2. The molecule has 2 aromatic carbocycles. The normalized spacial score (nSPS) is 10.8. The number of rotatable bonds is 15. The van der Waals surface area contributed by atoms with E-state index >= 15 is 0 Å². The third-order valence-corrected chi connectivity index (χ3v) is 8.80. The van der Waals surface area contributed by atoms with Gasteiger partial charge >= 0.3 is 0 Å². The Bertz CT molecular complexity index is 2670. The van der Waals surface area contributed by atoms with Gasteiger partial charge < -0.3 is 51.0 Å². The standard InChI is InChI=1S/C18H19N7O3.C10H15NO2.C9H8N6O3S.2CH4/c19-16-22-17(20-8-7-12-3-5-13(6-4-12)27-11-9-26)23-18-21-15(24-25(16)18)14-2-1-10-28-14;11-6-5-9-1-3-10(4-2-9)13-8-7-12;1-19(16,17)9-12-7(10)15-8(13-9)11-6(14-15)5-3-2-4-18-5;;/h1-6,10,26H,7-9,11H2,(H3,19,20,21,22,23,24);1-4,12H,5-8,11H2;2-4H,1H3,(H2,10,11,12,13,14);2*1H4. The predicted molar refractivity (Wildman–Crippen MR) is 231 cm³/mol. The molecule has 23 heteroatoms. The molecule has 0 aliphatic carbocycles. The van der Waals surface area contributed by atoms with Crippen LogP contribution in [-0.4, -0.2) is 114 Å². The average molecular weight is 875 g/mol. The van der Waals surface area contributed by atoms with Crippen LogP contribution >= 0.6 is 0 Å². The highest BCUT2D eigenvalue weighted by Gasteiger charge is 2.18. The lowest BCUT2D eigenvalue weighted by Gasteiger charge is -2.07. The molecule has 0 spiro atoms. The molecule has 8 rings (SSSR count). The lowest BCUT2D eigenvalue weighted by molar-refractivity contribution is 0.201. The summed E-state index contributed by atoms with van der Waals surface area (Å²) >= 11 is 0. The number of furan rings is 2. The number of aliphatic hydroxyl groups is 2. The molecule has 0 aliphatic heterocycles. The summed E-state index contributed by atoms with van der Waals surface area (Å²) in [6.45, 7) is 1.95. The predicted octanol–water partition coefficient (Wildman–Crippen LogP) is 2.98. The Morgan fingerprint density at radius 2 is 1.16 bits per heavy atom. The maximum Gasteiger partial charge on any atom is 0.259 e. The quantitative estimate of drug-likeness (QED) is 0.0862. The van der Waals surface area contributed by atoms with Crippen LogP contribution in [0.4, 0.5) is 17.8 Å². The summed E-state index contributed by atoms with van der Waals surface area (Å²) < 4.78 is 46.3. The summed E-state index contributed by atoms with van der Waals surface area (Å²) in [5.74, 6) is 3.94. The molecule has 0 bridgehead atoms. The van der Waals surface area contributed by atoms with Crippen molar-refractivity contribution in [3.63, 3.8) is 0 Å². The molecule has 0 amide bonds. The smallest absolute Gasteiger partial charge is 0.259 e. The molecule has 0 atom stereocenters. The van der Waals surface area contributed by atoms with Crippen molar-refractivity contribution in [2.24, 2.45) is 5.73 Å². The molecule has 8 aromatic rings. The van der Waals surface area contributed by atoms with Crippen molar-refractivity contribution in [3.8, 4) is 34.7 Å². The molecule has 0 saturated carbocycles. The van der Waals surface area contributed by atoms with Gasteiger partial charge in [-0.3, -0.25) is 0 Å². The summed E-state index contributed by atoms with van der Waals surface area (Å²) in [4.78, 5) is 24.4. The minimum absolute atomic E-state index is 0. The summed E-state index contributed by atoms with van der Waals surface area (Å²) in [6.07, 6.45) is 5.66. The van der Waals surface area contributed by atoms with E-state index in [4.69, 9.17) is 45.7 Å². The van der Waals surface area contributed by atoms with Crippen molar-refractivity contribution < 1.29 is 36.9 Å². The number of hydrogen-bond acceptors (Lipinski definition) is 20. The highest BCUT2D eigenvalue weighted by Crippen LogP contribution is 2.20. The number of nitrogens with one attached hydrogen (secondary N) is 1. The van der Waals surface area contributed by atoms with Gasteiger partial charge in [0, 0.05) is 12.8 Å². The fourth-order valence-corrected chi connectivity index (χ4v) is 5.68. The molecular formula is C39H50N14O8S. The van der Waals surface area contributed by atoms with Crippen LogP contribution in [0.15, 0.2) is 99.3 Å². The third-order valence-electron chi connectivity index (χ3n) is 7.96. The molecule has 22 nitrogen and oxygen atoms in total. The Morgan fingerprint density at radius 3 is 1.61 bits per heavy atom. The number of nitrogens with two attached hydrogens (primary N) is 3. The second-order valence-corrected chi connectivity index (χ2v) is 14.3. The Labute approximate surface area is 356 Å². The lowest BCUT2D eigenvalue weighted by Crippen LogP contribution is -2.12. The molecule has 0 aliphatic rings. The van der Waals surface area contributed by atoms with E-state index in [1.165, 1.54) is 16.3 Å². The molecule has 9 N–H and O–H groups in total. The summed E-state index contributed by atoms with van der Waals surface area (Å²) in [5, 5.41) is 28.4. The van der Waals surface area contributed by atoms with E-state index in [9.17, 15) is 8.42 Å². The van der Waals surface area contributed by atoms with Gasteiger partial charge in [0.2, 0.25) is 39.3 Å². The number of aromatic nitrogens is 10. The van der Waals surface area contributed by atoms with Gasteiger partial charge in [-0.2, -0.15) is 38.9 Å². The third kappa shape index (κ3) is 12.7. The van der Waals surface area contributed by atoms with E-state index in [0.717, 1.165) is 40.7 Å². The number of benzene rings is 2. The highest BCUT2D eigenvalue weighted by molar-refractivity contribution is 7.90. The topological polar surface area (TPSA) is 321 Å². The Hall–Kier alpha value is -7.21. The van der Waals surface area contributed by atoms with Gasteiger partial charge in [0.25, 0.3) is 16.7 Å². The maximum atomic E-state index is 11.4. The Morgan fingerprint density at radius 1 is 0.677 bits per heavy atom. The Balaban J connectivity index is 0.000000217. The van der Waals surface area contributed by atoms with Crippen LogP contribution < -0.4 is 32.0 Å². The largest absolute Gasteiger partial charge is 0.491 e. The summed E-state index contributed by atoms with van der Waals surface area (Å²) in [5.41, 5.74) is 19.4. The van der Waals surface area contributed by atoms with E-state index in [2.05, 4.69) is 45.4 Å². The van der Waals surface area contributed by atoms with E-state index in [1.807, 2.05) is 48.5 Å². The first kappa shape index (κ1) is 47.5. The molecule has 0 fully saturated rings.